The molecule has 8 heteroatoms. The molecule has 132 valence electrons. The molecule has 0 saturated heterocycles. The summed E-state index contributed by atoms with van der Waals surface area (Å²) in [6.07, 6.45) is 3.83. The number of pyridine rings is 1. The fourth-order valence-corrected chi connectivity index (χ4v) is 2.82. The molecule has 0 bridgehead atoms. The molecule has 0 spiro atoms. The van der Waals surface area contributed by atoms with Crippen LogP contribution in [0.3, 0.4) is 0 Å². The van der Waals surface area contributed by atoms with E-state index >= 15 is 0 Å². The number of hydrogen-bond donors (Lipinski definition) is 2. The monoisotopic (exact) mass is 349 g/mol. The second-order valence-electron chi connectivity index (χ2n) is 6.22. The van der Waals surface area contributed by atoms with Crippen LogP contribution in [0.25, 0.3) is 11.0 Å². The molecule has 0 aliphatic rings. The number of aryl methyl sites for hydroxylation is 2. The first-order valence-electron chi connectivity index (χ1n) is 8.28. The van der Waals surface area contributed by atoms with Crippen molar-refractivity contribution < 1.29 is 4.52 Å². The maximum Gasteiger partial charge on any atom is 0.222 e. The van der Waals surface area contributed by atoms with Gasteiger partial charge in [-0.25, -0.2) is 4.98 Å². The second-order valence-corrected chi connectivity index (χ2v) is 6.22. The van der Waals surface area contributed by atoms with Gasteiger partial charge in [0.1, 0.15) is 17.0 Å². The van der Waals surface area contributed by atoms with Crippen LogP contribution in [-0.4, -0.2) is 24.7 Å². The Morgan fingerprint density at radius 2 is 2.04 bits per heavy atom. The lowest BCUT2D eigenvalue weighted by atomic mass is 10.3. The predicted octanol–water partition coefficient (Wildman–Crippen LogP) is 2.67. The van der Waals surface area contributed by atoms with E-state index in [9.17, 15) is 0 Å². The average molecular weight is 349 g/mol. The number of nitrogen functional groups attached to an aromatic ring is 1. The molecule has 0 aromatic carbocycles. The topological polar surface area (TPSA) is 108 Å². The Labute approximate surface area is 150 Å². The third-order valence-electron chi connectivity index (χ3n) is 4.05. The predicted molar refractivity (Wildman–Crippen MR) is 98.6 cm³/mol. The second kappa shape index (κ2) is 6.47. The number of hydrogen-bond acceptors (Lipinski definition) is 7. The molecule has 0 radical (unpaired) electrons. The van der Waals surface area contributed by atoms with Crippen LogP contribution < -0.4 is 11.1 Å². The summed E-state index contributed by atoms with van der Waals surface area (Å²) in [5.74, 6) is 1.65. The molecule has 4 aromatic rings. The van der Waals surface area contributed by atoms with Gasteiger partial charge in [0, 0.05) is 18.5 Å². The Morgan fingerprint density at radius 1 is 1.15 bits per heavy atom. The lowest BCUT2D eigenvalue weighted by Gasteiger charge is -2.10. The van der Waals surface area contributed by atoms with Gasteiger partial charge in [-0.15, -0.1) is 0 Å². The summed E-state index contributed by atoms with van der Waals surface area (Å²) in [7, 11) is 0. The smallest absolute Gasteiger partial charge is 0.222 e. The first-order chi connectivity index (χ1) is 12.6. The SMILES string of the molecule is Cc1ccc(Cn2ccc3nc(N)nc(NCc4cc(C)on4)c32)nc1. The van der Waals surface area contributed by atoms with E-state index in [1.807, 2.05) is 44.4 Å². The molecule has 0 saturated carbocycles. The van der Waals surface area contributed by atoms with Crippen molar-refractivity contribution in [1.82, 2.24) is 24.7 Å². The highest BCUT2D eigenvalue weighted by Gasteiger charge is 2.13. The van der Waals surface area contributed by atoms with Crippen LogP contribution in [0.1, 0.15) is 22.7 Å². The fourth-order valence-electron chi connectivity index (χ4n) is 2.82. The Morgan fingerprint density at radius 3 is 2.77 bits per heavy atom. The van der Waals surface area contributed by atoms with Crippen LogP contribution in [0.15, 0.2) is 41.2 Å². The maximum absolute atomic E-state index is 5.86. The fraction of sp³-hybridized carbons (Fsp3) is 0.222. The molecule has 26 heavy (non-hydrogen) atoms. The number of rotatable bonds is 5. The highest BCUT2D eigenvalue weighted by atomic mass is 16.5. The zero-order chi connectivity index (χ0) is 18.1. The number of fused-ring (bicyclic) bond motifs is 1. The molecule has 0 fully saturated rings. The molecular weight excluding hydrogens is 330 g/mol. The molecule has 4 heterocycles. The largest absolute Gasteiger partial charge is 0.368 e. The van der Waals surface area contributed by atoms with Crippen molar-refractivity contribution in [2.75, 3.05) is 11.1 Å². The number of anilines is 2. The minimum atomic E-state index is 0.225. The summed E-state index contributed by atoms with van der Waals surface area (Å²) in [4.78, 5) is 13.2. The number of nitrogens with one attached hydrogen (secondary N) is 1. The van der Waals surface area contributed by atoms with Crippen LogP contribution in [0.2, 0.25) is 0 Å². The third-order valence-corrected chi connectivity index (χ3v) is 4.05. The number of nitrogens with zero attached hydrogens (tertiary/aromatic N) is 5. The van der Waals surface area contributed by atoms with Crippen LogP contribution in [0.4, 0.5) is 11.8 Å². The zero-order valence-electron chi connectivity index (χ0n) is 14.6. The van der Waals surface area contributed by atoms with Crippen molar-refractivity contribution >= 4 is 22.8 Å². The van der Waals surface area contributed by atoms with Gasteiger partial charge in [-0.1, -0.05) is 11.2 Å². The summed E-state index contributed by atoms with van der Waals surface area (Å²) < 4.78 is 7.16. The van der Waals surface area contributed by atoms with E-state index in [1.165, 1.54) is 0 Å². The van der Waals surface area contributed by atoms with Crippen LogP contribution in [0.5, 0.6) is 0 Å². The summed E-state index contributed by atoms with van der Waals surface area (Å²) in [6.45, 7) is 4.98. The zero-order valence-corrected chi connectivity index (χ0v) is 14.6. The van der Waals surface area contributed by atoms with Gasteiger partial charge < -0.3 is 20.1 Å². The third kappa shape index (κ3) is 3.21. The molecule has 0 atom stereocenters. The molecule has 4 aromatic heterocycles. The van der Waals surface area contributed by atoms with Crippen molar-refractivity contribution in [3.8, 4) is 0 Å². The molecule has 0 aliphatic carbocycles. The Balaban J connectivity index is 1.67. The Kier molecular flexibility index (Phi) is 4.00. The van der Waals surface area contributed by atoms with Gasteiger partial charge in [-0.3, -0.25) is 4.98 Å². The van der Waals surface area contributed by atoms with E-state index in [4.69, 9.17) is 10.3 Å². The van der Waals surface area contributed by atoms with E-state index in [-0.39, 0.29) is 5.95 Å². The van der Waals surface area contributed by atoms with Gasteiger partial charge in [-0.05, 0) is 31.5 Å². The van der Waals surface area contributed by atoms with Gasteiger partial charge in [0.25, 0.3) is 0 Å². The quantitative estimate of drug-likeness (QED) is 0.570. The summed E-state index contributed by atoms with van der Waals surface area (Å²) >= 11 is 0. The van der Waals surface area contributed by atoms with E-state index in [1.54, 1.807) is 0 Å². The van der Waals surface area contributed by atoms with Crippen molar-refractivity contribution in [2.45, 2.75) is 26.9 Å². The van der Waals surface area contributed by atoms with Crippen molar-refractivity contribution in [2.24, 2.45) is 0 Å². The van der Waals surface area contributed by atoms with E-state index in [0.29, 0.717) is 18.9 Å². The lowest BCUT2D eigenvalue weighted by Crippen LogP contribution is -2.08. The summed E-state index contributed by atoms with van der Waals surface area (Å²) in [5, 5.41) is 7.28. The van der Waals surface area contributed by atoms with Crippen molar-refractivity contribution in [3.05, 3.63) is 59.4 Å². The van der Waals surface area contributed by atoms with Crippen LogP contribution >= 0.6 is 0 Å². The molecule has 8 nitrogen and oxygen atoms in total. The van der Waals surface area contributed by atoms with E-state index < -0.39 is 0 Å². The van der Waals surface area contributed by atoms with Crippen molar-refractivity contribution in [3.63, 3.8) is 0 Å². The van der Waals surface area contributed by atoms with Gasteiger partial charge in [0.05, 0.1) is 24.3 Å². The minimum absolute atomic E-state index is 0.225. The molecular formula is C18H19N7O. The Bertz CT molecular complexity index is 1050. The molecule has 4 rings (SSSR count). The number of aromatic nitrogens is 5. The summed E-state index contributed by atoms with van der Waals surface area (Å²) in [5.41, 5.74) is 10.4. The standard InChI is InChI=1S/C18H19N7O/c1-11-3-4-13(20-8-11)10-25-6-5-15-16(25)17(23-18(19)22-15)21-9-14-7-12(2)26-24-14/h3-8H,9-10H2,1-2H3,(H3,19,21,22,23). The van der Waals surface area contributed by atoms with Gasteiger partial charge in [0.15, 0.2) is 5.82 Å². The molecule has 0 amide bonds. The van der Waals surface area contributed by atoms with Crippen LogP contribution in [-0.2, 0) is 13.1 Å². The van der Waals surface area contributed by atoms with Gasteiger partial charge in [-0.2, -0.15) is 4.98 Å². The van der Waals surface area contributed by atoms with Crippen LogP contribution in [0, 0.1) is 13.8 Å². The number of nitrogens with two attached hydrogens (primary N) is 1. The van der Waals surface area contributed by atoms with Crippen molar-refractivity contribution in [1.29, 1.82) is 0 Å². The van der Waals surface area contributed by atoms with Gasteiger partial charge >= 0.3 is 0 Å². The minimum Gasteiger partial charge on any atom is -0.368 e. The normalized spacial score (nSPS) is 11.2. The molecule has 3 N–H and O–H groups in total. The highest BCUT2D eigenvalue weighted by Crippen LogP contribution is 2.24. The molecule has 0 unspecified atom stereocenters. The first-order valence-corrected chi connectivity index (χ1v) is 8.28. The first kappa shape index (κ1) is 16.1. The van der Waals surface area contributed by atoms with E-state index in [0.717, 1.165) is 33.7 Å². The highest BCUT2D eigenvalue weighted by molar-refractivity contribution is 5.87. The Hall–Kier alpha value is -3.42. The molecule has 0 aliphatic heterocycles. The summed E-state index contributed by atoms with van der Waals surface area (Å²) in [6, 6.07) is 7.87. The maximum atomic E-state index is 5.86. The van der Waals surface area contributed by atoms with Gasteiger partial charge in [0.2, 0.25) is 5.95 Å². The lowest BCUT2D eigenvalue weighted by molar-refractivity contribution is 0.391. The average Bonchev–Trinajstić information content (AvgIpc) is 3.21. The van der Waals surface area contributed by atoms with E-state index in [2.05, 4.69) is 36.1 Å².